The van der Waals surface area contributed by atoms with Crippen molar-refractivity contribution >= 4 is 5.69 Å². The van der Waals surface area contributed by atoms with E-state index in [-0.39, 0.29) is 0 Å². The molecule has 2 rings (SSSR count). The lowest BCUT2D eigenvalue weighted by molar-refractivity contribution is 0.900. The van der Waals surface area contributed by atoms with Crippen molar-refractivity contribution in [2.75, 3.05) is 5.32 Å². The van der Waals surface area contributed by atoms with Gasteiger partial charge in [-0.15, -0.1) is 0 Å². The second-order valence-corrected chi connectivity index (χ2v) is 3.99. The van der Waals surface area contributed by atoms with Crippen LogP contribution in [0.5, 0.6) is 0 Å². The van der Waals surface area contributed by atoms with E-state index in [1.165, 1.54) is 0 Å². The lowest BCUT2D eigenvalue weighted by Crippen LogP contribution is -2.09. The summed E-state index contributed by atoms with van der Waals surface area (Å²) < 4.78 is 0. The molecule has 0 amide bonds. The topological polar surface area (TPSA) is 37.8 Å². The Kier molecular flexibility index (Phi) is 3.15. The molecular formula is C13H15N3. The van der Waals surface area contributed by atoms with Crippen molar-refractivity contribution in [2.45, 2.75) is 19.9 Å². The molecule has 3 heteroatoms. The maximum absolute atomic E-state index is 4.07. The van der Waals surface area contributed by atoms with E-state index < -0.39 is 0 Å². The van der Waals surface area contributed by atoms with Crippen molar-refractivity contribution in [3.63, 3.8) is 0 Å². The quantitative estimate of drug-likeness (QED) is 0.851. The van der Waals surface area contributed by atoms with Crippen LogP contribution in [0.25, 0.3) is 11.3 Å². The maximum atomic E-state index is 4.07. The highest BCUT2D eigenvalue weighted by atomic mass is 15.1. The van der Waals surface area contributed by atoms with Gasteiger partial charge in [-0.05, 0) is 38.1 Å². The van der Waals surface area contributed by atoms with Crippen LogP contribution < -0.4 is 5.32 Å². The maximum Gasteiger partial charge on any atom is 0.0929 e. The fraction of sp³-hybridized carbons (Fsp3) is 0.231. The average molecular weight is 213 g/mol. The summed E-state index contributed by atoms with van der Waals surface area (Å²) in [6.07, 6.45) is 1.68. The molecule has 0 radical (unpaired) electrons. The van der Waals surface area contributed by atoms with E-state index in [4.69, 9.17) is 0 Å². The normalized spacial score (nSPS) is 10.4. The Morgan fingerprint density at radius 1 is 1.06 bits per heavy atom. The Labute approximate surface area is 95.5 Å². The molecule has 1 N–H and O–H groups in total. The van der Waals surface area contributed by atoms with Crippen LogP contribution in [0.1, 0.15) is 13.8 Å². The third-order valence-corrected chi connectivity index (χ3v) is 2.21. The third-order valence-electron chi connectivity index (χ3n) is 2.21. The minimum absolute atomic E-state index is 0.447. The van der Waals surface area contributed by atoms with Gasteiger partial charge in [-0.3, -0.25) is 0 Å². The van der Waals surface area contributed by atoms with Crippen molar-refractivity contribution in [2.24, 2.45) is 0 Å². The Balaban J connectivity index is 2.20. The first kappa shape index (κ1) is 10.6. The van der Waals surface area contributed by atoms with Gasteiger partial charge in [0.25, 0.3) is 0 Å². The molecule has 1 heterocycles. The summed E-state index contributed by atoms with van der Waals surface area (Å²) in [5.41, 5.74) is 3.11. The molecule has 1 aromatic heterocycles. The van der Waals surface area contributed by atoms with Gasteiger partial charge in [0, 0.05) is 23.5 Å². The molecule has 0 spiro atoms. The summed E-state index contributed by atoms with van der Waals surface area (Å²) in [6, 6.07) is 12.5. The molecule has 0 bridgehead atoms. The number of aromatic nitrogens is 2. The molecule has 0 saturated heterocycles. The highest BCUT2D eigenvalue weighted by molar-refractivity contribution is 5.62. The summed E-state index contributed by atoms with van der Waals surface area (Å²) >= 11 is 0. The van der Waals surface area contributed by atoms with Crippen LogP contribution >= 0.6 is 0 Å². The van der Waals surface area contributed by atoms with Crippen LogP contribution in [-0.4, -0.2) is 16.2 Å². The number of benzene rings is 1. The zero-order chi connectivity index (χ0) is 11.4. The first-order chi connectivity index (χ1) is 7.75. The monoisotopic (exact) mass is 213 g/mol. The van der Waals surface area contributed by atoms with Gasteiger partial charge in [0.2, 0.25) is 0 Å². The largest absolute Gasteiger partial charge is 0.383 e. The summed E-state index contributed by atoms with van der Waals surface area (Å²) in [5.74, 6) is 0. The van der Waals surface area contributed by atoms with Crippen LogP contribution in [0.2, 0.25) is 0 Å². The minimum atomic E-state index is 0.447. The van der Waals surface area contributed by atoms with Gasteiger partial charge in [0.15, 0.2) is 0 Å². The average Bonchev–Trinajstić information content (AvgIpc) is 2.30. The lowest BCUT2D eigenvalue weighted by atomic mass is 10.1. The lowest BCUT2D eigenvalue weighted by Gasteiger charge is -2.10. The Morgan fingerprint density at radius 3 is 2.38 bits per heavy atom. The zero-order valence-electron chi connectivity index (χ0n) is 9.51. The highest BCUT2D eigenvalue weighted by Crippen LogP contribution is 2.18. The number of nitrogens with one attached hydrogen (secondary N) is 1. The van der Waals surface area contributed by atoms with E-state index in [1.54, 1.807) is 6.20 Å². The van der Waals surface area contributed by atoms with E-state index in [9.17, 15) is 0 Å². The van der Waals surface area contributed by atoms with Gasteiger partial charge in [-0.2, -0.15) is 10.2 Å². The molecule has 2 aromatic rings. The summed E-state index contributed by atoms with van der Waals surface area (Å²) in [5, 5.41) is 11.3. The smallest absolute Gasteiger partial charge is 0.0929 e. The van der Waals surface area contributed by atoms with Crippen molar-refractivity contribution in [1.82, 2.24) is 10.2 Å². The molecule has 0 atom stereocenters. The molecular weight excluding hydrogens is 198 g/mol. The second-order valence-electron chi connectivity index (χ2n) is 3.99. The van der Waals surface area contributed by atoms with E-state index in [2.05, 4.69) is 53.6 Å². The third kappa shape index (κ3) is 2.57. The predicted octanol–water partition coefficient (Wildman–Crippen LogP) is 2.96. The Bertz CT molecular complexity index is 434. The van der Waals surface area contributed by atoms with Crippen molar-refractivity contribution < 1.29 is 0 Å². The molecule has 0 aliphatic heterocycles. The van der Waals surface area contributed by atoms with E-state index in [0.717, 1.165) is 16.9 Å². The molecule has 0 aliphatic carbocycles. The van der Waals surface area contributed by atoms with E-state index in [1.807, 2.05) is 12.1 Å². The van der Waals surface area contributed by atoms with E-state index >= 15 is 0 Å². The van der Waals surface area contributed by atoms with Crippen LogP contribution in [0.15, 0.2) is 42.6 Å². The summed E-state index contributed by atoms with van der Waals surface area (Å²) in [6.45, 7) is 4.24. The first-order valence-corrected chi connectivity index (χ1v) is 5.40. The number of nitrogens with zero attached hydrogens (tertiary/aromatic N) is 2. The SMILES string of the molecule is CC(C)Nc1ccc(-c2cccnn2)cc1. The molecule has 0 fully saturated rings. The molecule has 1 aromatic carbocycles. The van der Waals surface area contributed by atoms with Gasteiger partial charge in [-0.1, -0.05) is 12.1 Å². The van der Waals surface area contributed by atoms with E-state index in [0.29, 0.717) is 6.04 Å². The zero-order valence-corrected chi connectivity index (χ0v) is 9.51. The molecule has 16 heavy (non-hydrogen) atoms. The number of anilines is 1. The van der Waals surface area contributed by atoms with Gasteiger partial charge in [-0.25, -0.2) is 0 Å². The minimum Gasteiger partial charge on any atom is -0.383 e. The molecule has 3 nitrogen and oxygen atoms in total. The fourth-order valence-corrected chi connectivity index (χ4v) is 1.53. The summed E-state index contributed by atoms with van der Waals surface area (Å²) in [7, 11) is 0. The van der Waals surface area contributed by atoms with Gasteiger partial charge in [0.05, 0.1) is 5.69 Å². The summed E-state index contributed by atoms with van der Waals surface area (Å²) in [4.78, 5) is 0. The Hall–Kier alpha value is -1.90. The number of hydrogen-bond acceptors (Lipinski definition) is 3. The molecule has 0 aliphatic rings. The highest BCUT2D eigenvalue weighted by Gasteiger charge is 1.99. The fourth-order valence-electron chi connectivity index (χ4n) is 1.53. The standard InChI is InChI=1S/C13H15N3/c1-10(2)15-12-7-5-11(6-8-12)13-4-3-9-14-16-13/h3-10,15H,1-2H3. The molecule has 82 valence electrons. The van der Waals surface area contributed by atoms with Crippen molar-refractivity contribution in [3.05, 3.63) is 42.6 Å². The van der Waals surface area contributed by atoms with Crippen LogP contribution in [0, 0.1) is 0 Å². The van der Waals surface area contributed by atoms with Crippen LogP contribution in [-0.2, 0) is 0 Å². The first-order valence-electron chi connectivity index (χ1n) is 5.40. The van der Waals surface area contributed by atoms with Crippen LogP contribution in [0.4, 0.5) is 5.69 Å². The van der Waals surface area contributed by atoms with Gasteiger partial charge >= 0.3 is 0 Å². The number of rotatable bonds is 3. The molecule has 0 unspecified atom stereocenters. The Morgan fingerprint density at radius 2 is 1.81 bits per heavy atom. The van der Waals surface area contributed by atoms with Crippen LogP contribution in [0.3, 0.4) is 0 Å². The van der Waals surface area contributed by atoms with Crippen molar-refractivity contribution in [1.29, 1.82) is 0 Å². The van der Waals surface area contributed by atoms with Gasteiger partial charge < -0.3 is 5.32 Å². The number of hydrogen-bond donors (Lipinski definition) is 1. The second kappa shape index (κ2) is 4.75. The van der Waals surface area contributed by atoms with Crippen molar-refractivity contribution in [3.8, 4) is 11.3 Å². The van der Waals surface area contributed by atoms with Gasteiger partial charge in [0.1, 0.15) is 0 Å². The molecule has 0 saturated carbocycles. The predicted molar refractivity (Wildman–Crippen MR) is 66.2 cm³/mol.